The minimum absolute atomic E-state index is 0.0860. The molecular weight excluding hydrogens is 685 g/mol. The van der Waals surface area contributed by atoms with Crippen molar-refractivity contribution in [2.45, 2.75) is 48.3 Å². The molecule has 0 fully saturated rings. The van der Waals surface area contributed by atoms with Crippen LogP contribution >= 0.6 is 10.0 Å². The molecule has 7 aromatic rings. The Hall–Kier alpha value is -5.65. The predicted octanol–water partition coefficient (Wildman–Crippen LogP) is 11.3. The van der Waals surface area contributed by atoms with Crippen LogP contribution in [-0.4, -0.2) is 19.2 Å². The number of anilines is 9. The summed E-state index contributed by atoms with van der Waals surface area (Å²) >= 11 is 0. The van der Waals surface area contributed by atoms with Gasteiger partial charge in [-0.3, -0.25) is 0 Å². The summed E-state index contributed by atoms with van der Waals surface area (Å²) in [5.41, 5.74) is 20.9. The highest BCUT2D eigenvalue weighted by Crippen LogP contribution is 2.68. The largest absolute Gasteiger partial charge is 0.311 e. The highest BCUT2D eigenvalue weighted by molar-refractivity contribution is 8.33. The highest BCUT2D eigenvalue weighted by atomic mass is 32.3. The summed E-state index contributed by atoms with van der Waals surface area (Å²) in [7, 11) is -1.25. The molecule has 0 spiro atoms. The Kier molecular flexibility index (Phi) is 5.96. The van der Waals surface area contributed by atoms with E-state index < -0.39 is 10.0 Å². The average Bonchev–Trinajstić information content (AvgIpc) is 3.20. The van der Waals surface area contributed by atoms with Crippen molar-refractivity contribution in [3.05, 3.63) is 168 Å². The molecule has 5 heterocycles. The number of nitrogens with zero attached hydrogens (tertiary/aromatic N) is 3. The first-order valence-electron chi connectivity index (χ1n) is 19.6. The van der Waals surface area contributed by atoms with Crippen molar-refractivity contribution in [1.82, 2.24) is 0 Å². The van der Waals surface area contributed by atoms with Crippen molar-refractivity contribution in [2.75, 3.05) is 27.2 Å². The summed E-state index contributed by atoms with van der Waals surface area (Å²) in [5, 5.41) is 0. The van der Waals surface area contributed by atoms with E-state index in [1.807, 2.05) is 0 Å². The van der Waals surface area contributed by atoms with E-state index in [9.17, 15) is 0 Å². The molecule has 3 nitrogen and oxygen atoms in total. The van der Waals surface area contributed by atoms with E-state index in [-0.39, 0.29) is 17.5 Å². The summed E-state index contributed by atoms with van der Waals surface area (Å²) in [6, 6.07) is 55.8. The third-order valence-electron chi connectivity index (χ3n) is 13.6. The molecule has 55 heavy (non-hydrogen) atoms. The number of para-hydroxylation sites is 6. The second-order valence-electron chi connectivity index (χ2n) is 17.4. The summed E-state index contributed by atoms with van der Waals surface area (Å²) < 4.78 is 0. The molecule has 0 unspecified atom stereocenters. The van der Waals surface area contributed by atoms with E-state index in [1.54, 1.807) is 0 Å². The molecule has 0 atom stereocenters. The Bertz CT molecular complexity index is 2670. The number of hydrogen-bond donors (Lipinski definition) is 0. The topological polar surface area (TPSA) is 9.72 Å². The Morgan fingerprint density at radius 3 is 1.29 bits per heavy atom. The third-order valence-corrected chi connectivity index (χ3v) is 16.5. The van der Waals surface area contributed by atoms with E-state index in [2.05, 4.69) is 200 Å². The van der Waals surface area contributed by atoms with Gasteiger partial charge in [0.05, 0.1) is 28.4 Å². The second-order valence-corrected chi connectivity index (χ2v) is 20.9. The van der Waals surface area contributed by atoms with E-state index in [1.165, 1.54) is 99.6 Å². The summed E-state index contributed by atoms with van der Waals surface area (Å²) in [5.74, 6) is 0. The SMILES string of the molecule is CC1(C)c2ccccc2N2c3cc(N4c5ccccc5S(C)(C)c5ccccc54)cc4c3B(c3cccc1c32)c1cccc2c1N4c1ccccc1C2(C)C. The molecule has 0 saturated heterocycles. The van der Waals surface area contributed by atoms with Crippen LogP contribution in [0, 0.1) is 0 Å². The first kappa shape index (κ1) is 31.7. The fourth-order valence-corrected chi connectivity index (χ4v) is 13.5. The van der Waals surface area contributed by atoms with Crippen molar-refractivity contribution >= 4 is 84.3 Å². The molecule has 7 aromatic carbocycles. The lowest BCUT2D eigenvalue weighted by molar-refractivity contribution is 0.632. The van der Waals surface area contributed by atoms with Crippen LogP contribution in [0.3, 0.4) is 0 Å². The van der Waals surface area contributed by atoms with Crippen molar-refractivity contribution in [3.63, 3.8) is 0 Å². The Labute approximate surface area is 326 Å². The lowest BCUT2D eigenvalue weighted by Gasteiger charge is -2.52. The van der Waals surface area contributed by atoms with Crippen molar-refractivity contribution < 1.29 is 0 Å². The first-order valence-corrected chi connectivity index (χ1v) is 22.0. The molecule has 0 amide bonds. The molecule has 5 heteroatoms. The highest BCUT2D eigenvalue weighted by Gasteiger charge is 2.51. The van der Waals surface area contributed by atoms with Crippen LogP contribution in [-0.2, 0) is 10.8 Å². The van der Waals surface area contributed by atoms with Crippen molar-refractivity contribution in [2.24, 2.45) is 0 Å². The van der Waals surface area contributed by atoms with Gasteiger partial charge in [0.2, 0.25) is 0 Å². The molecule has 266 valence electrons. The van der Waals surface area contributed by atoms with Crippen LogP contribution in [0.25, 0.3) is 0 Å². The first-order chi connectivity index (χ1) is 26.6. The van der Waals surface area contributed by atoms with Gasteiger partial charge in [-0.25, -0.2) is 0 Å². The standard InChI is InChI=1S/C50H42BN3S/c1-49(2)32-17-7-9-23-38(32)53-42-29-31(52-40-25-11-13-27-44(40)55(5,6)45-28-14-12-26-41(45)52)30-43-46(42)51(36-21-15-19-34(49)47(36)53)37-22-16-20-35-48(37)54(43)39-24-10-8-18-33(39)50(35,3)4/h7-30H,1-6H3. The molecule has 0 aliphatic carbocycles. The van der Waals surface area contributed by atoms with Gasteiger partial charge in [-0.2, -0.15) is 10.0 Å². The number of fused-ring (bicyclic) bond motifs is 10. The Morgan fingerprint density at radius 1 is 0.418 bits per heavy atom. The van der Waals surface area contributed by atoms with Crippen LogP contribution < -0.4 is 31.1 Å². The summed E-state index contributed by atoms with van der Waals surface area (Å²) in [6.45, 7) is 9.73. The lowest BCUT2D eigenvalue weighted by Crippen LogP contribution is -2.63. The van der Waals surface area contributed by atoms with Crippen molar-refractivity contribution in [1.29, 1.82) is 0 Å². The van der Waals surface area contributed by atoms with Crippen LogP contribution in [0.2, 0.25) is 0 Å². The number of rotatable bonds is 1. The van der Waals surface area contributed by atoms with Gasteiger partial charge in [-0.15, -0.1) is 0 Å². The monoisotopic (exact) mass is 727 g/mol. The number of hydrogen-bond acceptors (Lipinski definition) is 3. The molecule has 0 saturated carbocycles. The maximum Gasteiger partial charge on any atom is 0.252 e. The van der Waals surface area contributed by atoms with Gasteiger partial charge in [0.1, 0.15) is 0 Å². The maximum absolute atomic E-state index is 2.63. The van der Waals surface area contributed by atoms with Crippen LogP contribution in [0.15, 0.2) is 155 Å². The van der Waals surface area contributed by atoms with Gasteiger partial charge >= 0.3 is 0 Å². The Balaban J connectivity index is 1.25. The molecular formula is C50H42BN3S. The van der Waals surface area contributed by atoms with E-state index in [0.29, 0.717) is 0 Å². The zero-order valence-electron chi connectivity index (χ0n) is 32.2. The fourth-order valence-electron chi connectivity index (χ4n) is 11.1. The van der Waals surface area contributed by atoms with Gasteiger partial charge < -0.3 is 14.7 Å². The quantitative estimate of drug-likeness (QED) is 0.156. The molecule has 5 aliphatic rings. The molecule has 0 radical (unpaired) electrons. The smallest absolute Gasteiger partial charge is 0.252 e. The van der Waals surface area contributed by atoms with E-state index >= 15 is 0 Å². The van der Waals surface area contributed by atoms with Crippen molar-refractivity contribution in [3.8, 4) is 0 Å². The van der Waals surface area contributed by atoms with Gasteiger partial charge in [0.15, 0.2) is 0 Å². The van der Waals surface area contributed by atoms with Crippen LogP contribution in [0.4, 0.5) is 51.2 Å². The van der Waals surface area contributed by atoms with Gasteiger partial charge in [0, 0.05) is 43.4 Å². The lowest BCUT2D eigenvalue weighted by atomic mass is 9.32. The molecule has 0 aromatic heterocycles. The predicted molar refractivity (Wildman–Crippen MR) is 235 cm³/mol. The van der Waals surface area contributed by atoms with Gasteiger partial charge in [0.25, 0.3) is 6.71 Å². The zero-order chi connectivity index (χ0) is 37.2. The summed E-state index contributed by atoms with van der Waals surface area (Å²) in [4.78, 5) is 10.7. The van der Waals surface area contributed by atoms with Crippen LogP contribution in [0.1, 0.15) is 49.9 Å². The minimum atomic E-state index is -1.25. The molecule has 0 bridgehead atoms. The number of benzene rings is 7. The van der Waals surface area contributed by atoms with Gasteiger partial charge in [-0.1, -0.05) is 125 Å². The minimum Gasteiger partial charge on any atom is -0.311 e. The third kappa shape index (κ3) is 3.75. The average molecular weight is 728 g/mol. The second kappa shape index (κ2) is 10.4. The molecule has 12 rings (SSSR count). The Morgan fingerprint density at radius 2 is 0.818 bits per heavy atom. The maximum atomic E-state index is 2.63. The zero-order valence-corrected chi connectivity index (χ0v) is 33.0. The normalized spacial score (nSPS) is 18.1. The molecule has 0 N–H and O–H groups in total. The van der Waals surface area contributed by atoms with E-state index in [4.69, 9.17) is 0 Å². The summed E-state index contributed by atoms with van der Waals surface area (Å²) in [6.07, 6.45) is 4.91. The molecule has 5 aliphatic heterocycles. The van der Waals surface area contributed by atoms with Gasteiger partial charge in [-0.05, 0) is 99.7 Å². The fraction of sp³-hybridized carbons (Fsp3) is 0.160. The van der Waals surface area contributed by atoms with Crippen LogP contribution in [0.5, 0.6) is 0 Å². The van der Waals surface area contributed by atoms with E-state index in [0.717, 1.165) is 0 Å².